The smallest absolute Gasteiger partial charge is 0.324 e. The summed E-state index contributed by atoms with van der Waals surface area (Å²) < 4.78 is 0. The number of piperazine rings is 1. The molecule has 0 bridgehead atoms. The van der Waals surface area contributed by atoms with Gasteiger partial charge in [-0.1, -0.05) is 0 Å². The molecule has 2 rings (SSSR count). The predicted molar refractivity (Wildman–Crippen MR) is 45.2 cm³/mol. The standard InChI is InChI=1S/C7H10N4O3/c8-6(13)10-1-2-11-4(3-10)5(12)9-7(11)14/h4H,1-3H2,(H2,8,13)(H,9,12,14)/t4-/m0/s1. The first-order valence-electron chi connectivity index (χ1n) is 4.25. The lowest BCUT2D eigenvalue weighted by molar-refractivity contribution is -0.122. The van der Waals surface area contributed by atoms with Crippen molar-refractivity contribution < 1.29 is 14.4 Å². The van der Waals surface area contributed by atoms with E-state index in [0.717, 1.165) is 0 Å². The summed E-state index contributed by atoms with van der Waals surface area (Å²) in [4.78, 5) is 36.0. The fourth-order valence-corrected chi connectivity index (χ4v) is 1.71. The first-order valence-corrected chi connectivity index (χ1v) is 4.25. The van der Waals surface area contributed by atoms with Gasteiger partial charge < -0.3 is 15.5 Å². The van der Waals surface area contributed by atoms with Gasteiger partial charge in [-0.2, -0.15) is 0 Å². The zero-order valence-corrected chi connectivity index (χ0v) is 7.40. The van der Waals surface area contributed by atoms with Gasteiger partial charge >= 0.3 is 12.1 Å². The van der Waals surface area contributed by atoms with Crippen molar-refractivity contribution in [2.24, 2.45) is 5.73 Å². The summed E-state index contributed by atoms with van der Waals surface area (Å²) in [5.41, 5.74) is 5.08. The van der Waals surface area contributed by atoms with Gasteiger partial charge in [0.15, 0.2) is 0 Å². The van der Waals surface area contributed by atoms with E-state index < -0.39 is 12.1 Å². The molecule has 0 aromatic heterocycles. The Morgan fingerprint density at radius 3 is 2.79 bits per heavy atom. The summed E-state index contributed by atoms with van der Waals surface area (Å²) in [7, 11) is 0. The largest absolute Gasteiger partial charge is 0.351 e. The van der Waals surface area contributed by atoms with Crippen LogP contribution in [0.4, 0.5) is 9.59 Å². The van der Waals surface area contributed by atoms with Crippen molar-refractivity contribution in [2.45, 2.75) is 6.04 Å². The van der Waals surface area contributed by atoms with Crippen molar-refractivity contribution in [1.29, 1.82) is 0 Å². The SMILES string of the molecule is NC(=O)N1CCN2C(=O)NC(=O)[C@@H]2C1. The minimum atomic E-state index is -0.566. The van der Waals surface area contributed by atoms with E-state index in [0.29, 0.717) is 13.1 Å². The van der Waals surface area contributed by atoms with Crippen LogP contribution in [0.15, 0.2) is 0 Å². The maximum absolute atomic E-state index is 11.2. The van der Waals surface area contributed by atoms with E-state index in [-0.39, 0.29) is 18.5 Å². The number of hydrogen-bond donors (Lipinski definition) is 2. The Bertz CT molecular complexity index is 316. The minimum Gasteiger partial charge on any atom is -0.351 e. The molecule has 3 N–H and O–H groups in total. The average Bonchev–Trinajstić information content (AvgIpc) is 2.42. The minimum absolute atomic E-state index is 0.187. The topological polar surface area (TPSA) is 95.7 Å². The molecule has 2 heterocycles. The van der Waals surface area contributed by atoms with Gasteiger partial charge in [0.1, 0.15) is 6.04 Å². The summed E-state index contributed by atoms with van der Waals surface area (Å²) in [6, 6.07) is -1.51. The van der Waals surface area contributed by atoms with Crippen LogP contribution in [0.3, 0.4) is 0 Å². The van der Waals surface area contributed by atoms with Crippen LogP contribution in [0.25, 0.3) is 0 Å². The molecule has 0 aromatic rings. The zero-order chi connectivity index (χ0) is 10.3. The fourth-order valence-electron chi connectivity index (χ4n) is 1.71. The molecule has 76 valence electrons. The first-order chi connectivity index (χ1) is 6.59. The van der Waals surface area contributed by atoms with E-state index in [4.69, 9.17) is 5.73 Å². The Hall–Kier alpha value is -1.79. The molecular weight excluding hydrogens is 188 g/mol. The highest BCUT2D eigenvalue weighted by Gasteiger charge is 2.42. The highest BCUT2D eigenvalue weighted by atomic mass is 16.2. The second kappa shape index (κ2) is 2.86. The lowest BCUT2D eigenvalue weighted by Gasteiger charge is -2.34. The molecule has 7 heteroatoms. The number of nitrogens with zero attached hydrogens (tertiary/aromatic N) is 2. The molecule has 2 saturated heterocycles. The lowest BCUT2D eigenvalue weighted by Crippen LogP contribution is -2.55. The lowest BCUT2D eigenvalue weighted by atomic mass is 10.2. The molecule has 7 nitrogen and oxygen atoms in total. The van der Waals surface area contributed by atoms with E-state index in [1.807, 2.05) is 0 Å². The number of fused-ring (bicyclic) bond motifs is 1. The number of carbonyl (C=O) groups is 3. The number of amides is 5. The highest BCUT2D eigenvalue weighted by Crippen LogP contribution is 2.14. The summed E-state index contributed by atoms with van der Waals surface area (Å²) in [6.45, 7) is 0.921. The third kappa shape index (κ3) is 1.17. The molecule has 0 saturated carbocycles. The van der Waals surface area contributed by atoms with Crippen LogP contribution < -0.4 is 11.1 Å². The van der Waals surface area contributed by atoms with Gasteiger partial charge in [-0.25, -0.2) is 9.59 Å². The van der Waals surface area contributed by atoms with Gasteiger partial charge in [0.25, 0.3) is 5.91 Å². The third-order valence-corrected chi connectivity index (χ3v) is 2.49. The van der Waals surface area contributed by atoms with Gasteiger partial charge in [0.05, 0.1) is 6.54 Å². The van der Waals surface area contributed by atoms with E-state index in [2.05, 4.69) is 5.32 Å². The molecule has 2 aliphatic heterocycles. The number of urea groups is 2. The van der Waals surface area contributed by atoms with Gasteiger partial charge in [-0.15, -0.1) is 0 Å². The molecular formula is C7H10N4O3. The third-order valence-electron chi connectivity index (χ3n) is 2.49. The molecule has 14 heavy (non-hydrogen) atoms. The molecule has 2 aliphatic rings. The Balaban J connectivity index is 2.13. The quantitative estimate of drug-likeness (QED) is 0.454. The highest BCUT2D eigenvalue weighted by molar-refractivity contribution is 6.04. The van der Waals surface area contributed by atoms with Crippen molar-refractivity contribution in [3.05, 3.63) is 0 Å². The maximum atomic E-state index is 11.2. The second-order valence-corrected chi connectivity index (χ2v) is 3.29. The average molecular weight is 198 g/mol. The summed E-state index contributed by atoms with van der Waals surface area (Å²) in [5, 5.41) is 2.19. The molecule has 0 radical (unpaired) electrons. The number of nitrogens with two attached hydrogens (primary N) is 1. The molecule has 0 spiro atoms. The van der Waals surface area contributed by atoms with Gasteiger partial charge in [-0.05, 0) is 0 Å². The zero-order valence-electron chi connectivity index (χ0n) is 7.40. The van der Waals surface area contributed by atoms with Gasteiger partial charge in [0, 0.05) is 13.1 Å². The number of hydrogen-bond acceptors (Lipinski definition) is 3. The van der Waals surface area contributed by atoms with Crippen molar-refractivity contribution >= 4 is 18.0 Å². The van der Waals surface area contributed by atoms with Crippen LogP contribution in [0.1, 0.15) is 0 Å². The van der Waals surface area contributed by atoms with Crippen LogP contribution in [0, 0.1) is 0 Å². The number of rotatable bonds is 0. The van der Waals surface area contributed by atoms with Crippen molar-refractivity contribution in [1.82, 2.24) is 15.1 Å². The number of nitrogens with one attached hydrogen (secondary N) is 1. The Morgan fingerprint density at radius 2 is 2.14 bits per heavy atom. The van der Waals surface area contributed by atoms with E-state index in [1.165, 1.54) is 9.80 Å². The summed E-state index contributed by atoms with van der Waals surface area (Å²) >= 11 is 0. The Labute approximate surface area is 79.8 Å². The second-order valence-electron chi connectivity index (χ2n) is 3.29. The molecule has 1 atom stereocenters. The van der Waals surface area contributed by atoms with Crippen molar-refractivity contribution in [2.75, 3.05) is 19.6 Å². The monoisotopic (exact) mass is 198 g/mol. The van der Waals surface area contributed by atoms with Gasteiger partial charge in [-0.3, -0.25) is 10.1 Å². The number of imide groups is 1. The normalized spacial score (nSPS) is 26.1. The molecule has 2 fully saturated rings. The Kier molecular flexibility index (Phi) is 1.80. The molecule has 0 aliphatic carbocycles. The van der Waals surface area contributed by atoms with E-state index in [9.17, 15) is 14.4 Å². The number of primary amides is 1. The first kappa shape index (κ1) is 8.79. The maximum Gasteiger partial charge on any atom is 0.324 e. The van der Waals surface area contributed by atoms with Gasteiger partial charge in [0.2, 0.25) is 0 Å². The van der Waals surface area contributed by atoms with E-state index in [1.54, 1.807) is 0 Å². The van der Waals surface area contributed by atoms with Crippen LogP contribution in [0.5, 0.6) is 0 Å². The fraction of sp³-hybridized carbons (Fsp3) is 0.571. The van der Waals surface area contributed by atoms with Crippen molar-refractivity contribution in [3.63, 3.8) is 0 Å². The number of carbonyl (C=O) groups excluding carboxylic acids is 3. The predicted octanol–water partition coefficient (Wildman–Crippen LogP) is -1.70. The van der Waals surface area contributed by atoms with Crippen LogP contribution in [-0.4, -0.2) is 53.4 Å². The Morgan fingerprint density at radius 1 is 1.43 bits per heavy atom. The van der Waals surface area contributed by atoms with Crippen molar-refractivity contribution in [3.8, 4) is 0 Å². The molecule has 0 unspecified atom stereocenters. The van der Waals surface area contributed by atoms with Crippen LogP contribution in [0.2, 0.25) is 0 Å². The van der Waals surface area contributed by atoms with Crippen LogP contribution in [-0.2, 0) is 4.79 Å². The summed E-state index contributed by atoms with van der Waals surface area (Å²) in [5.74, 6) is -0.360. The molecule has 0 aromatic carbocycles. The molecule has 5 amide bonds. The summed E-state index contributed by atoms with van der Waals surface area (Å²) in [6.07, 6.45) is 0. The van der Waals surface area contributed by atoms with Crippen LogP contribution >= 0.6 is 0 Å². The van der Waals surface area contributed by atoms with E-state index >= 15 is 0 Å².